The van der Waals surface area contributed by atoms with Gasteiger partial charge in [0.05, 0.1) is 12.1 Å². The molecule has 0 spiro atoms. The molecule has 3 aromatic rings. The minimum absolute atomic E-state index is 0.0969. The van der Waals surface area contributed by atoms with Crippen molar-refractivity contribution in [1.82, 2.24) is 9.97 Å². The Balaban J connectivity index is 2.02. The number of hydrogen-bond acceptors (Lipinski definition) is 4. The number of pyridine rings is 2. The van der Waals surface area contributed by atoms with Crippen LogP contribution in [0.2, 0.25) is 0 Å². The number of ether oxygens (including phenoxy) is 1. The quantitative estimate of drug-likeness (QED) is 0.797. The number of aliphatic hydroxyl groups excluding tert-OH is 1. The number of benzene rings is 1. The molecule has 0 amide bonds. The fourth-order valence-corrected chi connectivity index (χ4v) is 2.33. The summed E-state index contributed by atoms with van der Waals surface area (Å²) in [7, 11) is 0. The van der Waals surface area contributed by atoms with Crippen molar-refractivity contribution in [2.45, 2.75) is 20.5 Å². The largest absolute Gasteiger partial charge is 0.439 e. The van der Waals surface area contributed by atoms with Crippen molar-refractivity contribution in [1.29, 1.82) is 0 Å². The third-order valence-electron chi connectivity index (χ3n) is 3.39. The minimum atomic E-state index is -0.0969. The van der Waals surface area contributed by atoms with E-state index in [9.17, 15) is 5.11 Å². The molecule has 0 radical (unpaired) electrons. The highest BCUT2D eigenvalue weighted by atomic mass is 16.5. The molecule has 106 valence electrons. The van der Waals surface area contributed by atoms with Gasteiger partial charge >= 0.3 is 0 Å². The van der Waals surface area contributed by atoms with Crippen LogP contribution in [0.5, 0.6) is 11.6 Å². The maximum atomic E-state index is 9.51. The van der Waals surface area contributed by atoms with E-state index in [0.717, 1.165) is 22.2 Å². The summed E-state index contributed by atoms with van der Waals surface area (Å²) in [6.07, 6.45) is 1.75. The first-order chi connectivity index (χ1) is 10.2. The summed E-state index contributed by atoms with van der Waals surface area (Å²) in [4.78, 5) is 8.69. The van der Waals surface area contributed by atoms with Crippen LogP contribution in [0.4, 0.5) is 0 Å². The Hall–Kier alpha value is -2.46. The highest BCUT2D eigenvalue weighted by molar-refractivity contribution is 5.79. The van der Waals surface area contributed by atoms with Gasteiger partial charge in [-0.15, -0.1) is 0 Å². The average Bonchev–Trinajstić information content (AvgIpc) is 2.47. The van der Waals surface area contributed by atoms with Gasteiger partial charge in [-0.2, -0.15) is 0 Å². The molecule has 0 atom stereocenters. The molecule has 2 aromatic heterocycles. The van der Waals surface area contributed by atoms with Gasteiger partial charge < -0.3 is 9.84 Å². The van der Waals surface area contributed by atoms with E-state index in [1.807, 2.05) is 50.2 Å². The van der Waals surface area contributed by atoms with E-state index >= 15 is 0 Å². The van der Waals surface area contributed by atoms with Gasteiger partial charge in [0.15, 0.2) is 0 Å². The molecule has 0 aliphatic heterocycles. The second-order valence-electron chi connectivity index (χ2n) is 4.98. The lowest BCUT2D eigenvalue weighted by Gasteiger charge is -2.12. The summed E-state index contributed by atoms with van der Waals surface area (Å²) >= 11 is 0. The lowest BCUT2D eigenvalue weighted by Crippen LogP contribution is -1.99. The van der Waals surface area contributed by atoms with Crippen molar-refractivity contribution in [2.24, 2.45) is 0 Å². The lowest BCUT2D eigenvalue weighted by atomic mass is 10.1. The molecule has 0 aliphatic rings. The van der Waals surface area contributed by atoms with E-state index in [0.29, 0.717) is 17.2 Å². The monoisotopic (exact) mass is 280 g/mol. The molecule has 3 rings (SSSR count). The van der Waals surface area contributed by atoms with Crippen molar-refractivity contribution in [3.05, 3.63) is 59.4 Å². The first-order valence-corrected chi connectivity index (χ1v) is 6.78. The SMILES string of the molecule is Cc1cc(C)c(CO)c(Oc2ccc3cccnc3c2)n1. The molecule has 1 aromatic carbocycles. The van der Waals surface area contributed by atoms with Crippen LogP contribution in [-0.4, -0.2) is 15.1 Å². The van der Waals surface area contributed by atoms with E-state index in [2.05, 4.69) is 9.97 Å². The number of aromatic nitrogens is 2. The fourth-order valence-electron chi connectivity index (χ4n) is 2.33. The first kappa shape index (κ1) is 13.5. The van der Waals surface area contributed by atoms with E-state index in [-0.39, 0.29) is 6.61 Å². The Bertz CT molecular complexity index is 800. The second-order valence-corrected chi connectivity index (χ2v) is 4.98. The molecule has 0 unspecified atom stereocenters. The molecule has 0 fully saturated rings. The second kappa shape index (κ2) is 5.50. The van der Waals surface area contributed by atoms with Crippen LogP contribution in [0.25, 0.3) is 10.9 Å². The standard InChI is InChI=1S/C17H16N2O2/c1-11-8-12(2)19-17(15(11)10-20)21-14-6-5-13-4-3-7-18-16(13)9-14/h3-9,20H,10H2,1-2H3. The van der Waals surface area contributed by atoms with Crippen LogP contribution in [0, 0.1) is 13.8 Å². The Labute approximate surface area is 123 Å². The van der Waals surface area contributed by atoms with Crippen LogP contribution < -0.4 is 4.74 Å². The number of rotatable bonds is 3. The molecule has 21 heavy (non-hydrogen) atoms. The van der Waals surface area contributed by atoms with Gasteiger partial charge in [0.2, 0.25) is 5.88 Å². The minimum Gasteiger partial charge on any atom is -0.439 e. The van der Waals surface area contributed by atoms with Gasteiger partial charge in [-0.3, -0.25) is 4.98 Å². The van der Waals surface area contributed by atoms with Gasteiger partial charge in [0, 0.05) is 28.9 Å². The Morgan fingerprint density at radius 2 is 2.00 bits per heavy atom. The maximum Gasteiger partial charge on any atom is 0.225 e. The van der Waals surface area contributed by atoms with Crippen LogP contribution in [0.1, 0.15) is 16.8 Å². The van der Waals surface area contributed by atoms with Gasteiger partial charge in [-0.05, 0) is 43.7 Å². The van der Waals surface area contributed by atoms with E-state index in [1.54, 1.807) is 6.20 Å². The third kappa shape index (κ3) is 2.71. The van der Waals surface area contributed by atoms with Crippen molar-refractivity contribution in [3.8, 4) is 11.6 Å². The van der Waals surface area contributed by atoms with Gasteiger partial charge in [0.25, 0.3) is 0 Å². The summed E-state index contributed by atoms with van der Waals surface area (Å²) in [6, 6.07) is 11.5. The third-order valence-corrected chi connectivity index (χ3v) is 3.39. The number of hydrogen-bond donors (Lipinski definition) is 1. The number of fused-ring (bicyclic) bond motifs is 1. The summed E-state index contributed by atoms with van der Waals surface area (Å²) in [5.74, 6) is 1.11. The summed E-state index contributed by atoms with van der Waals surface area (Å²) in [5.41, 5.74) is 3.41. The molecule has 0 saturated carbocycles. The molecule has 4 nitrogen and oxygen atoms in total. The van der Waals surface area contributed by atoms with Gasteiger partial charge in [-0.25, -0.2) is 4.98 Å². The molecule has 2 heterocycles. The van der Waals surface area contributed by atoms with Crippen molar-refractivity contribution >= 4 is 10.9 Å². The predicted molar refractivity (Wildman–Crippen MR) is 81.5 cm³/mol. The van der Waals surface area contributed by atoms with E-state index in [1.165, 1.54) is 0 Å². The van der Waals surface area contributed by atoms with Gasteiger partial charge in [-0.1, -0.05) is 6.07 Å². The number of aryl methyl sites for hydroxylation is 2. The zero-order valence-electron chi connectivity index (χ0n) is 12.0. The summed E-state index contributed by atoms with van der Waals surface area (Å²) in [5, 5.41) is 10.6. The Morgan fingerprint density at radius 1 is 1.14 bits per heavy atom. The topological polar surface area (TPSA) is 55.2 Å². The molecular weight excluding hydrogens is 264 g/mol. The Morgan fingerprint density at radius 3 is 2.81 bits per heavy atom. The van der Waals surface area contributed by atoms with Crippen LogP contribution in [-0.2, 0) is 6.61 Å². The normalized spacial score (nSPS) is 10.8. The molecule has 1 N–H and O–H groups in total. The zero-order valence-corrected chi connectivity index (χ0v) is 12.0. The van der Waals surface area contributed by atoms with Crippen LogP contribution in [0.15, 0.2) is 42.6 Å². The smallest absolute Gasteiger partial charge is 0.225 e. The highest BCUT2D eigenvalue weighted by Gasteiger charge is 2.10. The predicted octanol–water partition coefficient (Wildman–Crippen LogP) is 3.53. The Kier molecular flexibility index (Phi) is 3.54. The lowest BCUT2D eigenvalue weighted by molar-refractivity contribution is 0.274. The van der Waals surface area contributed by atoms with Crippen molar-refractivity contribution in [3.63, 3.8) is 0 Å². The van der Waals surface area contributed by atoms with E-state index < -0.39 is 0 Å². The van der Waals surface area contributed by atoms with Crippen LogP contribution >= 0.6 is 0 Å². The molecule has 0 saturated heterocycles. The number of aliphatic hydroxyl groups is 1. The highest BCUT2D eigenvalue weighted by Crippen LogP contribution is 2.28. The molecule has 0 bridgehead atoms. The summed E-state index contributed by atoms with van der Waals surface area (Å²) < 4.78 is 5.86. The van der Waals surface area contributed by atoms with Crippen molar-refractivity contribution in [2.75, 3.05) is 0 Å². The summed E-state index contributed by atoms with van der Waals surface area (Å²) in [6.45, 7) is 3.75. The maximum absolute atomic E-state index is 9.51. The van der Waals surface area contributed by atoms with Crippen molar-refractivity contribution < 1.29 is 9.84 Å². The van der Waals surface area contributed by atoms with E-state index in [4.69, 9.17) is 4.74 Å². The van der Waals surface area contributed by atoms with Crippen LogP contribution in [0.3, 0.4) is 0 Å². The molecular formula is C17H16N2O2. The molecule has 4 heteroatoms. The fraction of sp³-hybridized carbons (Fsp3) is 0.176. The number of nitrogens with zero attached hydrogens (tertiary/aromatic N) is 2. The first-order valence-electron chi connectivity index (χ1n) is 6.78. The van der Waals surface area contributed by atoms with Gasteiger partial charge in [0.1, 0.15) is 5.75 Å². The zero-order chi connectivity index (χ0) is 14.8. The molecule has 0 aliphatic carbocycles. The average molecular weight is 280 g/mol.